The standard InChI is InChI=1S/C14H20N2O3/c1-10(17)8-11-4-2-3-7-16(11)14(19)12-5-6-15-9-13(12)18/h5-6,9-11,17-18H,2-4,7-8H2,1H3. The van der Waals surface area contributed by atoms with E-state index in [1.807, 2.05) is 0 Å². The molecule has 1 aliphatic rings. The van der Waals surface area contributed by atoms with Gasteiger partial charge in [0.2, 0.25) is 0 Å². The van der Waals surface area contributed by atoms with Crippen LogP contribution in [0.3, 0.4) is 0 Å². The van der Waals surface area contributed by atoms with E-state index in [9.17, 15) is 15.0 Å². The molecule has 1 aromatic rings. The molecule has 1 fully saturated rings. The number of carbonyl (C=O) groups is 1. The van der Waals surface area contributed by atoms with Crippen LogP contribution in [0.1, 0.15) is 43.0 Å². The average molecular weight is 264 g/mol. The first-order valence-corrected chi connectivity index (χ1v) is 6.71. The molecule has 1 aromatic heterocycles. The molecule has 2 heterocycles. The van der Waals surface area contributed by atoms with E-state index >= 15 is 0 Å². The Bertz CT molecular complexity index is 448. The highest BCUT2D eigenvalue weighted by Crippen LogP contribution is 2.25. The van der Waals surface area contributed by atoms with Crippen LogP contribution in [0.25, 0.3) is 0 Å². The van der Waals surface area contributed by atoms with Gasteiger partial charge < -0.3 is 15.1 Å². The van der Waals surface area contributed by atoms with Gasteiger partial charge in [-0.3, -0.25) is 9.78 Å². The second kappa shape index (κ2) is 6.02. The lowest BCUT2D eigenvalue weighted by atomic mass is 9.96. The van der Waals surface area contributed by atoms with Crippen molar-refractivity contribution in [1.82, 2.24) is 9.88 Å². The summed E-state index contributed by atoms with van der Waals surface area (Å²) >= 11 is 0. The predicted octanol–water partition coefficient (Wildman–Crippen LogP) is 1.55. The normalized spacial score (nSPS) is 21.2. The van der Waals surface area contributed by atoms with Crippen LogP contribution in [0.15, 0.2) is 18.5 Å². The number of amides is 1. The fourth-order valence-corrected chi connectivity index (χ4v) is 2.63. The fourth-order valence-electron chi connectivity index (χ4n) is 2.63. The number of likely N-dealkylation sites (tertiary alicyclic amines) is 1. The van der Waals surface area contributed by atoms with Crippen LogP contribution < -0.4 is 0 Å². The molecule has 0 saturated carbocycles. The van der Waals surface area contributed by atoms with Crippen LogP contribution in [0.5, 0.6) is 5.75 Å². The molecular weight excluding hydrogens is 244 g/mol. The van der Waals surface area contributed by atoms with Crippen molar-refractivity contribution in [3.05, 3.63) is 24.0 Å². The first-order chi connectivity index (χ1) is 9.09. The van der Waals surface area contributed by atoms with Gasteiger partial charge >= 0.3 is 0 Å². The maximum Gasteiger partial charge on any atom is 0.257 e. The first-order valence-electron chi connectivity index (χ1n) is 6.71. The Labute approximate surface area is 112 Å². The van der Waals surface area contributed by atoms with E-state index in [1.165, 1.54) is 18.5 Å². The Morgan fingerprint density at radius 2 is 2.37 bits per heavy atom. The SMILES string of the molecule is CC(O)CC1CCCCN1C(=O)c1ccncc1O. The van der Waals surface area contributed by atoms with E-state index in [-0.39, 0.29) is 23.3 Å². The number of aliphatic hydroxyl groups excluding tert-OH is 1. The van der Waals surface area contributed by atoms with Gasteiger partial charge in [-0.05, 0) is 38.7 Å². The Kier molecular flexibility index (Phi) is 4.37. The minimum atomic E-state index is -0.426. The molecule has 1 amide bonds. The van der Waals surface area contributed by atoms with E-state index < -0.39 is 6.10 Å². The topological polar surface area (TPSA) is 73.7 Å². The molecular formula is C14H20N2O3. The molecule has 2 atom stereocenters. The van der Waals surface area contributed by atoms with Crippen molar-refractivity contribution in [2.24, 2.45) is 0 Å². The quantitative estimate of drug-likeness (QED) is 0.868. The van der Waals surface area contributed by atoms with Gasteiger partial charge in [-0.2, -0.15) is 0 Å². The molecule has 0 spiro atoms. The fraction of sp³-hybridized carbons (Fsp3) is 0.571. The summed E-state index contributed by atoms with van der Waals surface area (Å²) in [4.78, 5) is 18.0. The van der Waals surface area contributed by atoms with Gasteiger partial charge in [0.15, 0.2) is 0 Å². The number of rotatable bonds is 3. The minimum absolute atomic E-state index is 0.0498. The summed E-state index contributed by atoms with van der Waals surface area (Å²) in [6.45, 7) is 2.42. The van der Waals surface area contributed by atoms with Gasteiger partial charge in [0.25, 0.3) is 5.91 Å². The molecule has 0 aromatic carbocycles. The van der Waals surface area contributed by atoms with Crippen LogP contribution in [-0.4, -0.2) is 44.7 Å². The van der Waals surface area contributed by atoms with Crippen molar-refractivity contribution >= 4 is 5.91 Å². The number of aliphatic hydroxyl groups is 1. The number of aromatic nitrogens is 1. The predicted molar refractivity (Wildman–Crippen MR) is 70.9 cm³/mol. The molecule has 5 heteroatoms. The van der Waals surface area contributed by atoms with Gasteiger partial charge in [0.05, 0.1) is 17.9 Å². The van der Waals surface area contributed by atoms with Crippen LogP contribution >= 0.6 is 0 Å². The Balaban J connectivity index is 2.18. The maximum absolute atomic E-state index is 12.5. The second-order valence-corrected chi connectivity index (χ2v) is 5.13. The summed E-state index contributed by atoms with van der Waals surface area (Å²) < 4.78 is 0. The zero-order valence-electron chi connectivity index (χ0n) is 11.1. The van der Waals surface area contributed by atoms with Gasteiger partial charge in [-0.1, -0.05) is 0 Å². The van der Waals surface area contributed by atoms with Crippen molar-refractivity contribution in [1.29, 1.82) is 0 Å². The Morgan fingerprint density at radius 1 is 1.58 bits per heavy atom. The van der Waals surface area contributed by atoms with Crippen LogP contribution in [0, 0.1) is 0 Å². The number of hydrogen-bond donors (Lipinski definition) is 2. The molecule has 0 aliphatic carbocycles. The van der Waals surface area contributed by atoms with Gasteiger partial charge in [-0.25, -0.2) is 0 Å². The average Bonchev–Trinajstić information content (AvgIpc) is 2.38. The lowest BCUT2D eigenvalue weighted by Crippen LogP contribution is -2.45. The summed E-state index contributed by atoms with van der Waals surface area (Å²) in [5.74, 6) is -0.265. The molecule has 2 rings (SSSR count). The Morgan fingerprint density at radius 3 is 3.05 bits per heavy atom. The first kappa shape index (κ1) is 13.8. The number of carbonyl (C=O) groups excluding carboxylic acids is 1. The summed E-state index contributed by atoms with van der Waals surface area (Å²) in [7, 11) is 0. The zero-order chi connectivity index (χ0) is 13.8. The van der Waals surface area contributed by atoms with E-state index in [0.717, 1.165) is 19.3 Å². The lowest BCUT2D eigenvalue weighted by molar-refractivity contribution is 0.0512. The summed E-state index contributed by atoms with van der Waals surface area (Å²) in [6, 6.07) is 1.58. The molecule has 2 N–H and O–H groups in total. The minimum Gasteiger partial charge on any atom is -0.505 e. The maximum atomic E-state index is 12.5. The van der Waals surface area contributed by atoms with Crippen LogP contribution in [0.2, 0.25) is 0 Å². The third-order valence-electron chi connectivity index (χ3n) is 3.53. The number of hydrogen-bond acceptors (Lipinski definition) is 4. The molecule has 0 bridgehead atoms. The molecule has 2 unspecified atom stereocenters. The smallest absolute Gasteiger partial charge is 0.257 e. The van der Waals surface area contributed by atoms with Crippen molar-refractivity contribution in [2.75, 3.05) is 6.54 Å². The molecule has 1 aliphatic heterocycles. The highest BCUT2D eigenvalue weighted by atomic mass is 16.3. The molecule has 0 radical (unpaired) electrons. The monoisotopic (exact) mass is 264 g/mol. The van der Waals surface area contributed by atoms with Crippen LogP contribution in [-0.2, 0) is 0 Å². The summed E-state index contributed by atoms with van der Waals surface area (Å²) in [5.41, 5.74) is 0.285. The van der Waals surface area contributed by atoms with Crippen molar-refractivity contribution in [3.63, 3.8) is 0 Å². The van der Waals surface area contributed by atoms with Gasteiger partial charge in [0, 0.05) is 18.8 Å². The highest BCUT2D eigenvalue weighted by Gasteiger charge is 2.29. The van der Waals surface area contributed by atoms with E-state index in [4.69, 9.17) is 0 Å². The summed E-state index contributed by atoms with van der Waals surface area (Å²) in [6.07, 6.45) is 5.88. The highest BCUT2D eigenvalue weighted by molar-refractivity contribution is 5.96. The molecule has 5 nitrogen and oxygen atoms in total. The number of pyridine rings is 1. The largest absolute Gasteiger partial charge is 0.505 e. The van der Waals surface area contributed by atoms with Crippen molar-refractivity contribution in [2.45, 2.75) is 44.8 Å². The van der Waals surface area contributed by atoms with E-state index in [1.54, 1.807) is 11.8 Å². The van der Waals surface area contributed by atoms with E-state index in [2.05, 4.69) is 4.98 Å². The lowest BCUT2D eigenvalue weighted by Gasteiger charge is -2.36. The molecule has 104 valence electrons. The summed E-state index contributed by atoms with van der Waals surface area (Å²) in [5, 5.41) is 19.3. The van der Waals surface area contributed by atoms with Crippen molar-refractivity contribution < 1.29 is 15.0 Å². The number of piperidine rings is 1. The second-order valence-electron chi connectivity index (χ2n) is 5.13. The van der Waals surface area contributed by atoms with Gasteiger partial charge in [0.1, 0.15) is 5.75 Å². The Hall–Kier alpha value is -1.62. The number of nitrogens with zero attached hydrogens (tertiary/aromatic N) is 2. The van der Waals surface area contributed by atoms with Crippen molar-refractivity contribution in [3.8, 4) is 5.75 Å². The third kappa shape index (κ3) is 3.23. The van der Waals surface area contributed by atoms with Crippen LogP contribution in [0.4, 0.5) is 0 Å². The zero-order valence-corrected chi connectivity index (χ0v) is 11.1. The molecule has 1 saturated heterocycles. The third-order valence-corrected chi connectivity index (χ3v) is 3.53. The number of aromatic hydroxyl groups is 1. The molecule has 19 heavy (non-hydrogen) atoms. The van der Waals surface area contributed by atoms with E-state index in [0.29, 0.717) is 13.0 Å². The van der Waals surface area contributed by atoms with Gasteiger partial charge in [-0.15, -0.1) is 0 Å².